The van der Waals surface area contributed by atoms with E-state index in [0.29, 0.717) is 18.2 Å². The highest BCUT2D eigenvalue weighted by Crippen LogP contribution is 2.26. The highest BCUT2D eigenvalue weighted by molar-refractivity contribution is 14.0. The molecule has 1 N–H and O–H groups in total. The summed E-state index contributed by atoms with van der Waals surface area (Å²) in [6, 6.07) is 4.62. The number of hydrogen-bond acceptors (Lipinski definition) is 3. The van der Waals surface area contributed by atoms with E-state index in [0.717, 1.165) is 61.8 Å². The second-order valence-electron chi connectivity index (χ2n) is 6.60. The third kappa shape index (κ3) is 5.34. The van der Waals surface area contributed by atoms with Gasteiger partial charge >= 0.3 is 0 Å². The monoisotopic (exact) mass is 489 g/mol. The number of nitrogens with one attached hydrogen (secondary N) is 1. The van der Waals surface area contributed by atoms with Crippen molar-refractivity contribution in [2.75, 3.05) is 26.2 Å². The topological polar surface area (TPSA) is 50.0 Å². The number of ether oxygens (including phenoxy) is 1. The van der Waals surface area contributed by atoms with Crippen LogP contribution in [0.1, 0.15) is 38.0 Å². The zero-order valence-electron chi connectivity index (χ0n) is 16.3. The van der Waals surface area contributed by atoms with E-state index < -0.39 is 0 Å². The molecule has 150 valence electrons. The zero-order valence-corrected chi connectivity index (χ0v) is 18.6. The normalized spacial score (nSPS) is 15.9. The number of benzene rings is 1. The molecule has 7 heteroatoms. The average molecular weight is 489 g/mol. The molecular formula is C20H29FIN3O2. The van der Waals surface area contributed by atoms with Crippen molar-refractivity contribution in [3.63, 3.8) is 0 Å². The van der Waals surface area contributed by atoms with Crippen molar-refractivity contribution < 1.29 is 13.5 Å². The summed E-state index contributed by atoms with van der Waals surface area (Å²) in [4.78, 5) is 7.03. The van der Waals surface area contributed by atoms with Gasteiger partial charge in [-0.15, -0.1) is 24.0 Å². The highest BCUT2D eigenvalue weighted by atomic mass is 127. The molecule has 0 saturated carbocycles. The Kier molecular flexibility index (Phi) is 8.34. The first-order valence-corrected chi connectivity index (χ1v) is 9.44. The molecule has 1 saturated heterocycles. The van der Waals surface area contributed by atoms with Crippen LogP contribution in [0.3, 0.4) is 0 Å². The fourth-order valence-corrected chi connectivity index (χ4v) is 3.44. The van der Waals surface area contributed by atoms with Crippen LogP contribution in [0, 0.1) is 12.7 Å². The summed E-state index contributed by atoms with van der Waals surface area (Å²) in [5, 5.41) is 4.18. The quantitative estimate of drug-likeness (QED) is 0.383. The van der Waals surface area contributed by atoms with E-state index in [1.807, 2.05) is 13.8 Å². The highest BCUT2D eigenvalue weighted by Gasteiger charge is 2.21. The SMILES string of the molecule is CCNC(=NCc1oc2ccc(F)cc2c1C)N1CCC(OCC)CC1.I. The largest absolute Gasteiger partial charge is 0.459 e. The van der Waals surface area contributed by atoms with E-state index in [-0.39, 0.29) is 29.8 Å². The number of piperidine rings is 1. The third-order valence-corrected chi connectivity index (χ3v) is 4.85. The summed E-state index contributed by atoms with van der Waals surface area (Å²) in [6.07, 6.45) is 2.38. The standard InChI is InChI=1S/C20H28FN3O2.HI/c1-4-22-20(24-10-8-16(9-11-24)25-5-2)23-13-19-14(3)17-12-15(21)6-7-18(17)26-19;/h6-7,12,16H,4-5,8-11,13H2,1-3H3,(H,22,23);1H. The lowest BCUT2D eigenvalue weighted by Crippen LogP contribution is -2.47. The number of furan rings is 1. The van der Waals surface area contributed by atoms with Gasteiger partial charge in [-0.25, -0.2) is 9.38 Å². The van der Waals surface area contributed by atoms with Crippen LogP contribution in [0.25, 0.3) is 11.0 Å². The van der Waals surface area contributed by atoms with Crippen LogP contribution in [0.5, 0.6) is 0 Å². The molecule has 0 radical (unpaired) electrons. The van der Waals surface area contributed by atoms with E-state index in [9.17, 15) is 4.39 Å². The molecule has 0 amide bonds. The van der Waals surface area contributed by atoms with Gasteiger partial charge in [0.05, 0.1) is 6.10 Å². The first-order chi connectivity index (χ1) is 12.6. The summed E-state index contributed by atoms with van der Waals surface area (Å²) in [5.41, 5.74) is 1.66. The minimum absolute atomic E-state index is 0. The number of rotatable bonds is 5. The molecule has 1 aliphatic rings. The predicted octanol–water partition coefficient (Wildman–Crippen LogP) is 4.46. The molecule has 3 rings (SSSR count). The summed E-state index contributed by atoms with van der Waals surface area (Å²) in [7, 11) is 0. The van der Waals surface area contributed by atoms with Gasteiger partial charge in [0.2, 0.25) is 0 Å². The van der Waals surface area contributed by atoms with E-state index in [2.05, 4.69) is 17.1 Å². The van der Waals surface area contributed by atoms with Crippen LogP contribution in [0.15, 0.2) is 27.6 Å². The lowest BCUT2D eigenvalue weighted by atomic mass is 10.1. The summed E-state index contributed by atoms with van der Waals surface area (Å²) in [5.74, 6) is 1.43. The Labute approximate surface area is 177 Å². The van der Waals surface area contributed by atoms with Crippen LogP contribution in [-0.4, -0.2) is 43.2 Å². The van der Waals surface area contributed by atoms with Crippen LogP contribution < -0.4 is 5.32 Å². The molecule has 1 aliphatic heterocycles. The maximum Gasteiger partial charge on any atom is 0.194 e. The van der Waals surface area contributed by atoms with Crippen molar-refractivity contribution >= 4 is 40.9 Å². The molecular weight excluding hydrogens is 460 g/mol. The number of guanidine groups is 1. The molecule has 1 aromatic heterocycles. The molecule has 0 spiro atoms. The van der Waals surface area contributed by atoms with Crippen LogP contribution in [0.4, 0.5) is 4.39 Å². The summed E-state index contributed by atoms with van der Waals surface area (Å²) in [6.45, 7) is 9.95. The Hall–Kier alpha value is -1.35. The van der Waals surface area contributed by atoms with Crippen molar-refractivity contribution in [1.29, 1.82) is 0 Å². The lowest BCUT2D eigenvalue weighted by Gasteiger charge is -2.34. The Morgan fingerprint density at radius 1 is 1.33 bits per heavy atom. The molecule has 1 aromatic carbocycles. The molecule has 2 aromatic rings. The molecule has 0 atom stereocenters. The maximum absolute atomic E-state index is 13.5. The van der Waals surface area contributed by atoms with E-state index in [1.165, 1.54) is 12.1 Å². The van der Waals surface area contributed by atoms with Gasteiger partial charge in [0.25, 0.3) is 0 Å². The average Bonchev–Trinajstić information content (AvgIpc) is 2.95. The smallest absolute Gasteiger partial charge is 0.194 e. The maximum atomic E-state index is 13.5. The minimum Gasteiger partial charge on any atom is -0.459 e. The van der Waals surface area contributed by atoms with E-state index in [1.54, 1.807) is 6.07 Å². The Bertz CT molecular complexity index is 770. The first-order valence-electron chi connectivity index (χ1n) is 9.44. The van der Waals surface area contributed by atoms with Gasteiger partial charge in [0.15, 0.2) is 5.96 Å². The summed E-state index contributed by atoms with van der Waals surface area (Å²) < 4.78 is 25.1. The van der Waals surface area contributed by atoms with Crippen molar-refractivity contribution in [2.24, 2.45) is 4.99 Å². The first kappa shape index (κ1) is 21.9. The van der Waals surface area contributed by atoms with Crippen LogP contribution >= 0.6 is 24.0 Å². The van der Waals surface area contributed by atoms with Gasteiger partial charge in [-0.1, -0.05) is 0 Å². The number of nitrogens with zero attached hydrogens (tertiary/aromatic N) is 2. The van der Waals surface area contributed by atoms with Gasteiger partial charge < -0.3 is 19.4 Å². The third-order valence-electron chi connectivity index (χ3n) is 4.85. The van der Waals surface area contributed by atoms with Crippen molar-refractivity contribution in [3.05, 3.63) is 35.3 Å². The number of likely N-dealkylation sites (tertiary alicyclic amines) is 1. The Balaban J connectivity index is 0.00000261. The van der Waals surface area contributed by atoms with Crippen LogP contribution in [-0.2, 0) is 11.3 Å². The lowest BCUT2D eigenvalue weighted by molar-refractivity contribution is 0.0263. The zero-order chi connectivity index (χ0) is 18.5. The molecule has 0 aliphatic carbocycles. The van der Waals surface area contributed by atoms with Gasteiger partial charge in [-0.2, -0.15) is 0 Å². The van der Waals surface area contributed by atoms with Crippen molar-refractivity contribution in [1.82, 2.24) is 10.2 Å². The number of halogens is 2. The predicted molar refractivity (Wildman–Crippen MR) is 117 cm³/mol. The number of fused-ring (bicyclic) bond motifs is 1. The van der Waals surface area contributed by atoms with Gasteiger partial charge in [0.1, 0.15) is 23.7 Å². The van der Waals surface area contributed by atoms with E-state index in [4.69, 9.17) is 14.1 Å². The number of aryl methyl sites for hydroxylation is 1. The molecule has 5 nitrogen and oxygen atoms in total. The molecule has 1 fully saturated rings. The minimum atomic E-state index is -0.248. The number of hydrogen-bond donors (Lipinski definition) is 1. The molecule has 0 bridgehead atoms. The molecule has 0 unspecified atom stereocenters. The van der Waals surface area contributed by atoms with Crippen molar-refractivity contribution in [2.45, 2.75) is 46.3 Å². The second kappa shape index (κ2) is 10.3. The van der Waals surface area contributed by atoms with Crippen molar-refractivity contribution in [3.8, 4) is 0 Å². The molecule has 2 heterocycles. The fraction of sp³-hybridized carbons (Fsp3) is 0.550. The number of aliphatic imine (C=N–C) groups is 1. The van der Waals surface area contributed by atoms with Gasteiger partial charge in [-0.05, 0) is 51.8 Å². The van der Waals surface area contributed by atoms with Gasteiger partial charge in [0, 0.05) is 37.2 Å². The Morgan fingerprint density at radius 2 is 2.07 bits per heavy atom. The molecule has 27 heavy (non-hydrogen) atoms. The van der Waals surface area contributed by atoms with E-state index >= 15 is 0 Å². The summed E-state index contributed by atoms with van der Waals surface area (Å²) >= 11 is 0. The second-order valence-corrected chi connectivity index (χ2v) is 6.60. The van der Waals surface area contributed by atoms with Gasteiger partial charge in [-0.3, -0.25) is 0 Å². The van der Waals surface area contributed by atoms with Crippen LogP contribution in [0.2, 0.25) is 0 Å². The Morgan fingerprint density at radius 3 is 2.74 bits per heavy atom. The fourth-order valence-electron chi connectivity index (χ4n) is 3.44.